The van der Waals surface area contributed by atoms with Crippen LogP contribution < -0.4 is 16.2 Å². The van der Waals surface area contributed by atoms with E-state index in [0.29, 0.717) is 5.82 Å². The van der Waals surface area contributed by atoms with E-state index in [2.05, 4.69) is 4.98 Å². The lowest BCUT2D eigenvalue weighted by atomic mass is 10.1. The zero-order valence-electron chi connectivity index (χ0n) is 11.8. The first-order valence-corrected chi connectivity index (χ1v) is 6.80. The van der Waals surface area contributed by atoms with Gasteiger partial charge in [0.1, 0.15) is 17.7 Å². The third kappa shape index (κ3) is 2.60. The summed E-state index contributed by atoms with van der Waals surface area (Å²) in [4.78, 5) is 4.00. The molecule has 0 aliphatic heterocycles. The van der Waals surface area contributed by atoms with Crippen LogP contribution in [0.15, 0.2) is 54.7 Å². The Kier molecular flexibility index (Phi) is 3.36. The summed E-state index contributed by atoms with van der Waals surface area (Å²) in [7, 11) is 0. The quantitative estimate of drug-likeness (QED) is 0.719. The maximum Gasteiger partial charge on any atom is 0.128 e. The van der Waals surface area contributed by atoms with Crippen LogP contribution in [0.1, 0.15) is 18.6 Å². The number of fused-ring (bicyclic) bond motifs is 1. The van der Waals surface area contributed by atoms with Gasteiger partial charge in [-0.15, -0.1) is 0 Å². The summed E-state index contributed by atoms with van der Waals surface area (Å²) in [6, 6.07) is 15.4. The fourth-order valence-corrected chi connectivity index (χ4v) is 2.37. The van der Waals surface area contributed by atoms with Crippen LogP contribution in [-0.4, -0.2) is 4.98 Å². The van der Waals surface area contributed by atoms with Crippen molar-refractivity contribution < 1.29 is 4.74 Å². The van der Waals surface area contributed by atoms with Crippen LogP contribution in [-0.2, 0) is 0 Å². The van der Waals surface area contributed by atoms with Crippen molar-refractivity contribution in [2.75, 3.05) is 11.5 Å². The molecule has 0 aliphatic rings. The van der Waals surface area contributed by atoms with Crippen LogP contribution in [0, 0.1) is 0 Å². The van der Waals surface area contributed by atoms with Crippen molar-refractivity contribution in [3.8, 4) is 5.75 Å². The summed E-state index contributed by atoms with van der Waals surface area (Å²) < 4.78 is 6.08. The Hall–Kier alpha value is -2.75. The van der Waals surface area contributed by atoms with E-state index >= 15 is 0 Å². The molecule has 4 nitrogen and oxygen atoms in total. The maximum absolute atomic E-state index is 6.08. The average Bonchev–Trinajstić information content (AvgIpc) is 2.50. The van der Waals surface area contributed by atoms with Crippen LogP contribution in [0.25, 0.3) is 10.8 Å². The Morgan fingerprint density at radius 3 is 2.52 bits per heavy atom. The monoisotopic (exact) mass is 279 g/mol. The molecule has 1 aromatic heterocycles. The van der Waals surface area contributed by atoms with Crippen molar-refractivity contribution in [2.24, 2.45) is 0 Å². The molecule has 1 heterocycles. The van der Waals surface area contributed by atoms with Crippen molar-refractivity contribution in [1.82, 2.24) is 4.98 Å². The zero-order valence-corrected chi connectivity index (χ0v) is 11.8. The lowest BCUT2D eigenvalue weighted by molar-refractivity contribution is 0.230. The predicted molar refractivity (Wildman–Crippen MR) is 86.1 cm³/mol. The van der Waals surface area contributed by atoms with Crippen molar-refractivity contribution in [1.29, 1.82) is 0 Å². The second kappa shape index (κ2) is 5.32. The molecule has 2 aromatic carbocycles. The van der Waals surface area contributed by atoms with E-state index in [1.807, 2.05) is 55.5 Å². The highest BCUT2D eigenvalue weighted by molar-refractivity contribution is 5.97. The number of ether oxygens (including phenoxy) is 1. The van der Waals surface area contributed by atoms with Gasteiger partial charge in [-0.25, -0.2) is 4.98 Å². The topological polar surface area (TPSA) is 74.2 Å². The molecule has 0 fully saturated rings. The minimum Gasteiger partial charge on any atom is -0.485 e. The molecule has 0 saturated heterocycles. The third-order valence-corrected chi connectivity index (χ3v) is 3.50. The molecule has 0 saturated carbocycles. The fourth-order valence-electron chi connectivity index (χ4n) is 2.37. The molecule has 0 amide bonds. The Morgan fingerprint density at radius 2 is 1.76 bits per heavy atom. The standard InChI is InChI=1S/C17H17N3O/c1-11(12-8-9-20-17(19)10-12)21-16-7-6-15(18)13-4-2-3-5-14(13)16/h2-11H,18H2,1H3,(H2,19,20). The van der Waals surface area contributed by atoms with Gasteiger partial charge in [-0.05, 0) is 36.8 Å². The van der Waals surface area contributed by atoms with E-state index in [0.717, 1.165) is 27.8 Å². The first kappa shape index (κ1) is 13.2. The number of benzene rings is 2. The molecule has 4 heteroatoms. The molecule has 3 aromatic rings. The number of aromatic nitrogens is 1. The molecule has 1 unspecified atom stereocenters. The third-order valence-electron chi connectivity index (χ3n) is 3.50. The Morgan fingerprint density at radius 1 is 1.00 bits per heavy atom. The van der Waals surface area contributed by atoms with Crippen LogP contribution in [0.2, 0.25) is 0 Å². The molecule has 4 N–H and O–H groups in total. The Balaban J connectivity index is 1.97. The molecule has 3 rings (SSSR count). The van der Waals surface area contributed by atoms with Gasteiger partial charge in [0.15, 0.2) is 0 Å². The number of nitrogens with two attached hydrogens (primary N) is 2. The molecule has 106 valence electrons. The lowest BCUT2D eigenvalue weighted by Gasteiger charge is -2.17. The summed E-state index contributed by atoms with van der Waals surface area (Å²) in [5, 5.41) is 2.00. The Bertz CT molecular complexity index is 786. The first-order valence-electron chi connectivity index (χ1n) is 6.80. The van der Waals surface area contributed by atoms with Gasteiger partial charge in [0, 0.05) is 22.7 Å². The molecular weight excluding hydrogens is 262 g/mol. The van der Waals surface area contributed by atoms with Gasteiger partial charge in [-0.3, -0.25) is 0 Å². The average molecular weight is 279 g/mol. The SMILES string of the molecule is CC(Oc1ccc(N)c2ccccc12)c1ccnc(N)c1. The maximum atomic E-state index is 6.08. The number of rotatable bonds is 3. The van der Waals surface area contributed by atoms with E-state index in [4.69, 9.17) is 16.2 Å². The number of hydrogen-bond acceptors (Lipinski definition) is 4. The zero-order chi connectivity index (χ0) is 14.8. The van der Waals surface area contributed by atoms with Gasteiger partial charge in [0.25, 0.3) is 0 Å². The van der Waals surface area contributed by atoms with Gasteiger partial charge in [0.2, 0.25) is 0 Å². The molecule has 0 spiro atoms. The van der Waals surface area contributed by atoms with Crippen molar-refractivity contribution >= 4 is 22.3 Å². The summed E-state index contributed by atoms with van der Waals surface area (Å²) >= 11 is 0. The van der Waals surface area contributed by atoms with Gasteiger partial charge in [0.05, 0.1) is 0 Å². The van der Waals surface area contributed by atoms with Crippen LogP contribution in [0.5, 0.6) is 5.75 Å². The largest absolute Gasteiger partial charge is 0.485 e. The predicted octanol–water partition coefficient (Wildman–Crippen LogP) is 3.54. The smallest absolute Gasteiger partial charge is 0.128 e. The molecule has 1 atom stereocenters. The Labute approximate surface area is 123 Å². The molecular formula is C17H17N3O. The van der Waals surface area contributed by atoms with Gasteiger partial charge in [-0.1, -0.05) is 24.3 Å². The summed E-state index contributed by atoms with van der Waals surface area (Å²) in [5.41, 5.74) is 13.5. The summed E-state index contributed by atoms with van der Waals surface area (Å²) in [6.45, 7) is 1.99. The lowest BCUT2D eigenvalue weighted by Crippen LogP contribution is -2.05. The van der Waals surface area contributed by atoms with Gasteiger partial charge in [-0.2, -0.15) is 0 Å². The highest BCUT2D eigenvalue weighted by atomic mass is 16.5. The van der Waals surface area contributed by atoms with Crippen LogP contribution >= 0.6 is 0 Å². The minimum atomic E-state index is -0.123. The number of nitrogen functional groups attached to an aromatic ring is 2. The first-order chi connectivity index (χ1) is 10.1. The molecule has 0 bridgehead atoms. The van der Waals surface area contributed by atoms with E-state index in [1.54, 1.807) is 6.20 Å². The van der Waals surface area contributed by atoms with Gasteiger partial charge >= 0.3 is 0 Å². The summed E-state index contributed by atoms with van der Waals surface area (Å²) in [5.74, 6) is 1.30. The van der Waals surface area contributed by atoms with Gasteiger partial charge < -0.3 is 16.2 Å². The van der Waals surface area contributed by atoms with Crippen LogP contribution in [0.4, 0.5) is 11.5 Å². The van der Waals surface area contributed by atoms with Crippen LogP contribution in [0.3, 0.4) is 0 Å². The van der Waals surface area contributed by atoms with E-state index in [1.165, 1.54) is 0 Å². The highest BCUT2D eigenvalue weighted by Gasteiger charge is 2.11. The number of pyridine rings is 1. The second-order valence-corrected chi connectivity index (χ2v) is 4.97. The van der Waals surface area contributed by atoms with Crippen molar-refractivity contribution in [3.05, 3.63) is 60.3 Å². The van der Waals surface area contributed by atoms with Crippen molar-refractivity contribution in [3.63, 3.8) is 0 Å². The van der Waals surface area contributed by atoms with E-state index in [9.17, 15) is 0 Å². The highest BCUT2D eigenvalue weighted by Crippen LogP contribution is 2.32. The molecule has 0 aliphatic carbocycles. The van der Waals surface area contributed by atoms with E-state index in [-0.39, 0.29) is 6.10 Å². The number of hydrogen-bond donors (Lipinski definition) is 2. The second-order valence-electron chi connectivity index (χ2n) is 4.97. The number of nitrogens with zero attached hydrogens (tertiary/aromatic N) is 1. The van der Waals surface area contributed by atoms with E-state index < -0.39 is 0 Å². The minimum absolute atomic E-state index is 0.123. The summed E-state index contributed by atoms with van der Waals surface area (Å²) in [6.07, 6.45) is 1.56. The van der Waals surface area contributed by atoms with Crippen molar-refractivity contribution in [2.45, 2.75) is 13.0 Å². The molecule has 21 heavy (non-hydrogen) atoms. The normalized spacial score (nSPS) is 12.2. The molecule has 0 radical (unpaired) electrons. The fraction of sp³-hybridized carbons (Fsp3) is 0.118. The number of anilines is 2.